The van der Waals surface area contributed by atoms with Crippen molar-refractivity contribution in [2.45, 2.75) is 46.5 Å². The highest BCUT2D eigenvalue weighted by molar-refractivity contribution is 5.99. The number of esters is 2. The van der Waals surface area contributed by atoms with E-state index in [-0.39, 0.29) is 29.0 Å². The summed E-state index contributed by atoms with van der Waals surface area (Å²) in [5.74, 6) is -2.84. The first-order chi connectivity index (χ1) is 12.1. The number of hydrogen-bond donors (Lipinski definition) is 2. The summed E-state index contributed by atoms with van der Waals surface area (Å²) in [6.07, 6.45) is 3.71. The lowest BCUT2D eigenvalue weighted by atomic mass is 9.69. The monoisotopic (exact) mass is 362 g/mol. The van der Waals surface area contributed by atoms with Gasteiger partial charge in [-0.3, -0.25) is 9.59 Å². The maximum Gasteiger partial charge on any atom is 0.335 e. The van der Waals surface area contributed by atoms with E-state index in [1.165, 1.54) is 12.1 Å². The highest BCUT2D eigenvalue weighted by Crippen LogP contribution is 2.46. The van der Waals surface area contributed by atoms with Gasteiger partial charge in [0.15, 0.2) is 0 Å². The molecule has 2 unspecified atom stereocenters. The molecule has 0 bridgehead atoms. The molecule has 1 heterocycles. The number of carboxylic acid groups (broad SMARTS) is 2. The molecule has 0 radical (unpaired) electrons. The second-order valence-electron chi connectivity index (χ2n) is 6.95. The van der Waals surface area contributed by atoms with E-state index >= 15 is 0 Å². The van der Waals surface area contributed by atoms with Crippen molar-refractivity contribution >= 4 is 23.9 Å². The second-order valence-corrected chi connectivity index (χ2v) is 6.95. The molecule has 26 heavy (non-hydrogen) atoms. The fourth-order valence-corrected chi connectivity index (χ4v) is 3.52. The van der Waals surface area contributed by atoms with E-state index in [4.69, 9.17) is 10.2 Å². The zero-order chi connectivity index (χ0) is 19.6. The third-order valence-corrected chi connectivity index (χ3v) is 5.40. The van der Waals surface area contributed by atoms with Gasteiger partial charge in [0.2, 0.25) is 0 Å². The van der Waals surface area contributed by atoms with Crippen LogP contribution in [0.15, 0.2) is 12.1 Å². The normalized spacial score (nSPS) is 24.2. The molecule has 2 atom stereocenters. The van der Waals surface area contributed by atoms with Crippen LogP contribution in [-0.4, -0.2) is 34.1 Å². The summed E-state index contributed by atoms with van der Waals surface area (Å²) in [5.41, 5.74) is 0.796. The van der Waals surface area contributed by atoms with Gasteiger partial charge in [-0.25, -0.2) is 9.59 Å². The molecule has 1 saturated heterocycles. The van der Waals surface area contributed by atoms with Crippen molar-refractivity contribution < 1.29 is 34.1 Å². The van der Waals surface area contributed by atoms with Crippen LogP contribution in [0.2, 0.25) is 0 Å². The molecular weight excluding hydrogens is 340 g/mol. The summed E-state index contributed by atoms with van der Waals surface area (Å²) in [4.78, 5) is 43.9. The predicted molar refractivity (Wildman–Crippen MR) is 91.0 cm³/mol. The van der Waals surface area contributed by atoms with E-state index in [0.717, 1.165) is 25.7 Å². The predicted octanol–water partition coefficient (Wildman–Crippen LogP) is 2.97. The Balaban J connectivity index is 0.000000189. The molecule has 0 spiro atoms. The Morgan fingerprint density at radius 3 is 1.96 bits per heavy atom. The number of carbonyl (C=O) groups excluding carboxylic acids is 2. The van der Waals surface area contributed by atoms with Gasteiger partial charge in [-0.2, -0.15) is 0 Å². The molecule has 140 valence electrons. The third kappa shape index (κ3) is 3.47. The van der Waals surface area contributed by atoms with Gasteiger partial charge in [0, 0.05) is 0 Å². The van der Waals surface area contributed by atoms with E-state index in [0.29, 0.717) is 11.1 Å². The van der Waals surface area contributed by atoms with Crippen molar-refractivity contribution in [1.82, 2.24) is 0 Å². The molecule has 0 amide bonds. The second kappa shape index (κ2) is 7.27. The SMILES string of the molecule is CC12CCCCC1C(=O)OC2=O.Cc1c(C(=O)O)ccc(C(=O)O)c1C. The number of fused-ring (bicyclic) bond motifs is 1. The molecule has 1 aromatic rings. The molecule has 7 nitrogen and oxygen atoms in total. The van der Waals surface area contributed by atoms with Crippen LogP contribution in [0.4, 0.5) is 0 Å². The first kappa shape index (κ1) is 19.6. The van der Waals surface area contributed by atoms with Crippen molar-refractivity contribution in [3.8, 4) is 0 Å². The Labute approximate surface area is 151 Å². The number of rotatable bonds is 2. The van der Waals surface area contributed by atoms with Crippen LogP contribution in [0, 0.1) is 25.2 Å². The van der Waals surface area contributed by atoms with E-state index in [2.05, 4.69) is 4.74 Å². The van der Waals surface area contributed by atoms with Crippen LogP contribution in [0.5, 0.6) is 0 Å². The molecule has 2 aliphatic rings. The minimum absolute atomic E-state index is 0.146. The fraction of sp³-hybridized carbons (Fsp3) is 0.474. The maximum absolute atomic E-state index is 11.3. The van der Waals surface area contributed by atoms with E-state index in [1.54, 1.807) is 13.8 Å². The molecule has 0 aromatic heterocycles. The summed E-state index contributed by atoms with van der Waals surface area (Å²) >= 11 is 0. The van der Waals surface area contributed by atoms with Crippen LogP contribution in [0.3, 0.4) is 0 Å². The smallest absolute Gasteiger partial charge is 0.335 e. The minimum atomic E-state index is -1.04. The lowest BCUT2D eigenvalue weighted by Crippen LogP contribution is -2.33. The van der Waals surface area contributed by atoms with Crippen molar-refractivity contribution in [3.63, 3.8) is 0 Å². The third-order valence-electron chi connectivity index (χ3n) is 5.40. The van der Waals surface area contributed by atoms with Gasteiger partial charge in [-0.05, 0) is 56.9 Å². The molecule has 1 saturated carbocycles. The van der Waals surface area contributed by atoms with Crippen LogP contribution in [-0.2, 0) is 14.3 Å². The van der Waals surface area contributed by atoms with Gasteiger partial charge in [0.25, 0.3) is 0 Å². The first-order valence-corrected chi connectivity index (χ1v) is 8.42. The van der Waals surface area contributed by atoms with Gasteiger partial charge in [-0.1, -0.05) is 12.8 Å². The Kier molecular flexibility index (Phi) is 5.49. The number of carboxylic acids is 2. The lowest BCUT2D eigenvalue weighted by molar-refractivity contribution is -0.155. The minimum Gasteiger partial charge on any atom is -0.478 e. The van der Waals surface area contributed by atoms with E-state index in [9.17, 15) is 19.2 Å². The van der Waals surface area contributed by atoms with Crippen LogP contribution in [0.1, 0.15) is 64.4 Å². The molecule has 2 fully saturated rings. The summed E-state index contributed by atoms with van der Waals surface area (Å²) in [6.45, 7) is 5.06. The van der Waals surface area contributed by atoms with Crippen LogP contribution >= 0.6 is 0 Å². The Morgan fingerprint density at radius 1 is 1.04 bits per heavy atom. The summed E-state index contributed by atoms with van der Waals surface area (Å²) in [7, 11) is 0. The number of carbonyl (C=O) groups is 4. The molecular formula is C19H22O7. The number of aromatic carboxylic acids is 2. The van der Waals surface area contributed by atoms with Gasteiger partial charge >= 0.3 is 23.9 Å². The van der Waals surface area contributed by atoms with E-state index in [1.807, 2.05) is 6.92 Å². The van der Waals surface area contributed by atoms with E-state index < -0.39 is 17.4 Å². The Morgan fingerprint density at radius 2 is 1.54 bits per heavy atom. The lowest BCUT2D eigenvalue weighted by Gasteiger charge is -2.29. The Bertz CT molecular complexity index is 741. The molecule has 7 heteroatoms. The van der Waals surface area contributed by atoms with Crippen molar-refractivity contribution in [1.29, 1.82) is 0 Å². The zero-order valence-corrected chi connectivity index (χ0v) is 15.0. The Hall–Kier alpha value is -2.70. The quantitative estimate of drug-likeness (QED) is 0.613. The molecule has 3 rings (SSSR count). The van der Waals surface area contributed by atoms with Crippen LogP contribution in [0.25, 0.3) is 0 Å². The fourth-order valence-electron chi connectivity index (χ4n) is 3.52. The van der Waals surface area contributed by atoms with Gasteiger partial charge in [0.1, 0.15) is 0 Å². The summed E-state index contributed by atoms with van der Waals surface area (Å²) in [6, 6.07) is 2.63. The topological polar surface area (TPSA) is 118 Å². The van der Waals surface area contributed by atoms with Crippen molar-refractivity contribution in [2.75, 3.05) is 0 Å². The van der Waals surface area contributed by atoms with Crippen molar-refractivity contribution in [2.24, 2.45) is 11.3 Å². The number of benzene rings is 1. The highest BCUT2D eigenvalue weighted by atomic mass is 16.6. The molecule has 1 aliphatic carbocycles. The maximum atomic E-state index is 11.3. The number of cyclic esters (lactones) is 2. The summed E-state index contributed by atoms with van der Waals surface area (Å²) < 4.78 is 4.63. The average molecular weight is 362 g/mol. The van der Waals surface area contributed by atoms with Gasteiger partial charge in [-0.15, -0.1) is 0 Å². The van der Waals surface area contributed by atoms with Crippen molar-refractivity contribution in [3.05, 3.63) is 34.4 Å². The number of hydrogen-bond acceptors (Lipinski definition) is 5. The molecule has 1 aliphatic heterocycles. The molecule has 2 N–H and O–H groups in total. The first-order valence-electron chi connectivity index (χ1n) is 8.42. The largest absolute Gasteiger partial charge is 0.478 e. The standard InChI is InChI=1S/C10H10O4.C9H12O3/c1-5-6(2)8(10(13)14)4-3-7(5)9(11)12;1-9-5-3-2-4-6(9)7(10)12-8(9)11/h3-4H,1-2H3,(H,11,12)(H,13,14);6H,2-5H2,1H3. The molecule has 1 aromatic carbocycles. The zero-order valence-electron chi connectivity index (χ0n) is 15.0. The van der Waals surface area contributed by atoms with Crippen LogP contribution < -0.4 is 0 Å². The summed E-state index contributed by atoms with van der Waals surface area (Å²) in [5, 5.41) is 17.5. The van der Waals surface area contributed by atoms with Gasteiger partial charge in [0.05, 0.1) is 22.5 Å². The highest BCUT2D eigenvalue weighted by Gasteiger charge is 2.54. The van der Waals surface area contributed by atoms with Gasteiger partial charge < -0.3 is 14.9 Å². The average Bonchev–Trinajstić information content (AvgIpc) is 2.79. The number of ether oxygens (including phenoxy) is 1.